The summed E-state index contributed by atoms with van der Waals surface area (Å²) in [6, 6.07) is 69.8. The molecule has 7 nitrogen and oxygen atoms in total. The predicted octanol–water partition coefficient (Wildman–Crippen LogP) is 14.9. The molecule has 0 radical (unpaired) electrons. The number of furan rings is 2. The summed E-state index contributed by atoms with van der Waals surface area (Å²) in [5, 5.41) is 8.85. The minimum atomic E-state index is 0.521. The van der Waals surface area contributed by atoms with Crippen molar-refractivity contribution in [1.29, 1.82) is 0 Å². The molecule has 0 fully saturated rings. The SMILES string of the molecule is c1ccc(-n2c3ccccc3c3cccc(-n4c5ccccc5c5ccc(-c6nc(-c7ccc8c(c7)oc7ccccc78)nc(-c7cccc8c7oc7ccccc78)n6)cc54)c32)cc1. The topological polar surface area (TPSA) is 74.8 Å². The van der Waals surface area contributed by atoms with Crippen molar-refractivity contribution in [1.82, 2.24) is 24.1 Å². The Bertz CT molecular complexity index is 4210. The molecule has 5 aromatic heterocycles. The van der Waals surface area contributed by atoms with Crippen LogP contribution in [0, 0.1) is 0 Å². The van der Waals surface area contributed by atoms with Gasteiger partial charge in [-0.25, -0.2) is 15.0 Å². The molecule has 7 heteroatoms. The van der Waals surface area contributed by atoms with Crippen LogP contribution in [0.5, 0.6) is 0 Å². The number of hydrogen-bond donors (Lipinski definition) is 0. The highest BCUT2D eigenvalue weighted by Gasteiger charge is 2.22. The molecule has 0 atom stereocenters. The first kappa shape index (κ1) is 34.9. The Morgan fingerprint density at radius 1 is 0.328 bits per heavy atom. The van der Waals surface area contributed by atoms with Crippen molar-refractivity contribution in [2.75, 3.05) is 0 Å². The van der Waals surface area contributed by atoms with E-state index in [1.807, 2.05) is 54.6 Å². The first-order chi connectivity index (χ1) is 31.7. The van der Waals surface area contributed by atoms with Crippen LogP contribution in [0.1, 0.15) is 0 Å². The Hall–Kier alpha value is -8.81. The lowest BCUT2D eigenvalue weighted by molar-refractivity contribution is 0.668. The van der Waals surface area contributed by atoms with Crippen molar-refractivity contribution in [3.05, 3.63) is 200 Å². The molecule has 14 rings (SSSR count). The van der Waals surface area contributed by atoms with E-state index in [0.717, 1.165) is 105 Å². The monoisotopic (exact) mass is 819 g/mol. The Morgan fingerprint density at radius 2 is 0.859 bits per heavy atom. The number of nitrogens with zero attached hydrogens (tertiary/aromatic N) is 5. The maximum Gasteiger partial charge on any atom is 0.167 e. The third-order valence-corrected chi connectivity index (χ3v) is 12.8. The van der Waals surface area contributed by atoms with Gasteiger partial charge >= 0.3 is 0 Å². The average Bonchev–Trinajstić information content (AvgIpc) is 4.11. The lowest BCUT2D eigenvalue weighted by Crippen LogP contribution is -2.02. The molecule has 0 N–H and O–H groups in total. The molecular weight excluding hydrogens is 787 g/mol. The lowest BCUT2D eigenvalue weighted by atomic mass is 10.1. The zero-order valence-corrected chi connectivity index (χ0v) is 34.1. The fourth-order valence-corrected chi connectivity index (χ4v) is 9.94. The first-order valence-corrected chi connectivity index (χ1v) is 21.4. The van der Waals surface area contributed by atoms with Crippen LogP contribution in [0.25, 0.3) is 133 Å². The molecule has 0 aliphatic rings. The summed E-state index contributed by atoms with van der Waals surface area (Å²) in [7, 11) is 0. The standard InChI is InChI=1S/C57H33N5O2/c1-2-14-36(15-3-1)61-46-23-8-5-17-38(46)43-20-13-25-48(53(43)61)62-47-24-9-4-16-37(47)39-30-28-34(32-49(39)62)55-58-56(35-29-31-42-40-18-6-10-26-50(40)63-52(42)33-35)60-57(59-55)45-22-12-21-44-41-19-7-11-27-51(41)64-54(44)45/h1-33H. The zero-order valence-electron chi connectivity index (χ0n) is 34.1. The predicted molar refractivity (Wildman–Crippen MR) is 259 cm³/mol. The molecular formula is C57H33N5O2. The van der Waals surface area contributed by atoms with Gasteiger partial charge in [0, 0.05) is 59.9 Å². The second-order valence-electron chi connectivity index (χ2n) is 16.3. The van der Waals surface area contributed by atoms with Crippen LogP contribution in [0.15, 0.2) is 209 Å². The molecule has 5 heterocycles. The van der Waals surface area contributed by atoms with E-state index in [1.165, 1.54) is 10.8 Å². The van der Waals surface area contributed by atoms with Gasteiger partial charge in [-0.05, 0) is 66.7 Å². The summed E-state index contributed by atoms with van der Waals surface area (Å²) in [6.45, 7) is 0. The van der Waals surface area contributed by atoms with E-state index in [9.17, 15) is 0 Å². The highest BCUT2D eigenvalue weighted by Crippen LogP contribution is 2.42. The van der Waals surface area contributed by atoms with Gasteiger partial charge in [0.25, 0.3) is 0 Å². The molecule has 64 heavy (non-hydrogen) atoms. The molecule has 14 aromatic rings. The lowest BCUT2D eigenvalue weighted by Gasteiger charge is -2.14. The number of hydrogen-bond acceptors (Lipinski definition) is 5. The van der Waals surface area contributed by atoms with Crippen molar-refractivity contribution in [2.24, 2.45) is 0 Å². The van der Waals surface area contributed by atoms with Crippen LogP contribution in [0.3, 0.4) is 0 Å². The van der Waals surface area contributed by atoms with Crippen LogP contribution in [0.2, 0.25) is 0 Å². The Labute approximate surface area is 364 Å². The second kappa shape index (κ2) is 13.3. The van der Waals surface area contributed by atoms with Gasteiger partial charge in [0.15, 0.2) is 17.5 Å². The van der Waals surface area contributed by atoms with E-state index < -0.39 is 0 Å². The van der Waals surface area contributed by atoms with E-state index in [0.29, 0.717) is 17.5 Å². The molecule has 0 spiro atoms. The van der Waals surface area contributed by atoms with Gasteiger partial charge in [0.2, 0.25) is 0 Å². The number of fused-ring (bicyclic) bond motifs is 12. The zero-order chi connectivity index (χ0) is 41.9. The van der Waals surface area contributed by atoms with Crippen LogP contribution in [-0.4, -0.2) is 24.1 Å². The Balaban J connectivity index is 1.03. The van der Waals surface area contributed by atoms with E-state index in [1.54, 1.807) is 0 Å². The minimum Gasteiger partial charge on any atom is -0.456 e. The van der Waals surface area contributed by atoms with Gasteiger partial charge in [-0.2, -0.15) is 0 Å². The summed E-state index contributed by atoms with van der Waals surface area (Å²) in [4.78, 5) is 15.8. The van der Waals surface area contributed by atoms with E-state index >= 15 is 0 Å². The average molecular weight is 820 g/mol. The van der Waals surface area contributed by atoms with Crippen molar-refractivity contribution in [3.63, 3.8) is 0 Å². The fraction of sp³-hybridized carbons (Fsp3) is 0. The highest BCUT2D eigenvalue weighted by atomic mass is 16.3. The third kappa shape index (κ3) is 5.06. The molecule has 0 amide bonds. The second-order valence-corrected chi connectivity index (χ2v) is 16.3. The summed E-state index contributed by atoms with van der Waals surface area (Å²) < 4.78 is 17.7. The van der Waals surface area contributed by atoms with Gasteiger partial charge in [0.05, 0.1) is 33.3 Å². The number of para-hydroxylation sites is 7. The minimum absolute atomic E-state index is 0.521. The third-order valence-electron chi connectivity index (χ3n) is 12.8. The van der Waals surface area contributed by atoms with Crippen LogP contribution >= 0.6 is 0 Å². The number of benzene rings is 9. The Kier molecular flexibility index (Phi) is 7.27. The summed E-state index contributed by atoms with van der Waals surface area (Å²) in [5.74, 6) is 1.61. The number of aromatic nitrogens is 5. The fourth-order valence-electron chi connectivity index (χ4n) is 9.94. The summed E-state index contributed by atoms with van der Waals surface area (Å²) in [6.07, 6.45) is 0. The van der Waals surface area contributed by atoms with Crippen LogP contribution in [-0.2, 0) is 0 Å². The van der Waals surface area contributed by atoms with Crippen LogP contribution < -0.4 is 0 Å². The molecule has 298 valence electrons. The molecule has 0 saturated heterocycles. The van der Waals surface area contributed by atoms with E-state index in [2.05, 4.69) is 155 Å². The normalized spacial score (nSPS) is 12.1. The van der Waals surface area contributed by atoms with Gasteiger partial charge < -0.3 is 18.0 Å². The van der Waals surface area contributed by atoms with Crippen molar-refractivity contribution >= 4 is 87.5 Å². The van der Waals surface area contributed by atoms with Gasteiger partial charge in [0.1, 0.15) is 22.3 Å². The highest BCUT2D eigenvalue weighted by molar-refractivity contribution is 6.16. The maximum atomic E-state index is 6.55. The van der Waals surface area contributed by atoms with Crippen molar-refractivity contribution in [3.8, 4) is 45.5 Å². The molecule has 0 aliphatic carbocycles. The molecule has 0 aliphatic heterocycles. The molecule has 9 aromatic carbocycles. The summed E-state index contributed by atoms with van der Waals surface area (Å²) in [5.41, 5.74) is 12.3. The van der Waals surface area contributed by atoms with Gasteiger partial charge in [-0.3, -0.25) is 0 Å². The van der Waals surface area contributed by atoms with Gasteiger partial charge in [-0.1, -0.05) is 133 Å². The quantitative estimate of drug-likeness (QED) is 0.173. The largest absolute Gasteiger partial charge is 0.456 e. The van der Waals surface area contributed by atoms with Crippen LogP contribution in [0.4, 0.5) is 0 Å². The van der Waals surface area contributed by atoms with Crippen molar-refractivity contribution < 1.29 is 8.83 Å². The molecule has 0 bridgehead atoms. The van der Waals surface area contributed by atoms with E-state index in [4.69, 9.17) is 23.8 Å². The van der Waals surface area contributed by atoms with Gasteiger partial charge in [-0.15, -0.1) is 0 Å². The maximum absolute atomic E-state index is 6.55. The summed E-state index contributed by atoms with van der Waals surface area (Å²) >= 11 is 0. The smallest absolute Gasteiger partial charge is 0.167 e. The Morgan fingerprint density at radius 3 is 1.64 bits per heavy atom. The van der Waals surface area contributed by atoms with E-state index in [-0.39, 0.29) is 0 Å². The molecule has 0 saturated carbocycles. The number of rotatable bonds is 5. The van der Waals surface area contributed by atoms with Crippen molar-refractivity contribution in [2.45, 2.75) is 0 Å². The molecule has 0 unspecified atom stereocenters. The first-order valence-electron chi connectivity index (χ1n) is 21.4.